The molecule has 0 bridgehead atoms. The van der Waals surface area contributed by atoms with Crippen LogP contribution in [-0.4, -0.2) is 18.8 Å². The van der Waals surface area contributed by atoms with Crippen LogP contribution in [0.3, 0.4) is 0 Å². The molecule has 0 aliphatic rings. The van der Waals surface area contributed by atoms with E-state index >= 15 is 0 Å². The van der Waals surface area contributed by atoms with Crippen molar-refractivity contribution in [1.29, 1.82) is 0 Å². The molecule has 0 radical (unpaired) electrons. The maximum Gasteiger partial charge on any atom is 0.121 e. The third kappa shape index (κ3) is 2.62. The average Bonchev–Trinajstić information content (AvgIpc) is 2.04. The van der Waals surface area contributed by atoms with Crippen LogP contribution in [0.25, 0.3) is 0 Å². The highest BCUT2D eigenvalue weighted by Gasteiger charge is 2.09. The lowest BCUT2D eigenvalue weighted by atomic mass is 10.1. The predicted octanol–water partition coefficient (Wildman–Crippen LogP) is 1.33. The topological polar surface area (TPSA) is 55.5 Å². The van der Waals surface area contributed by atoms with Crippen molar-refractivity contribution in [3.8, 4) is 5.75 Å². The van der Waals surface area contributed by atoms with Crippen LogP contribution < -0.4 is 5.73 Å². The van der Waals surface area contributed by atoms with Gasteiger partial charge in [0.05, 0.1) is 12.6 Å². The van der Waals surface area contributed by atoms with Crippen LogP contribution in [-0.2, 0) is 4.74 Å². The Morgan fingerprint density at radius 3 is 2.85 bits per heavy atom. The van der Waals surface area contributed by atoms with E-state index < -0.39 is 0 Å². The second-order valence-corrected chi connectivity index (χ2v) is 3.32. The molecule has 72 valence electrons. The second kappa shape index (κ2) is 4.50. The number of ether oxygens (including phenoxy) is 1. The maximum absolute atomic E-state index is 9.50. The number of phenols is 1. The van der Waals surface area contributed by atoms with Crippen molar-refractivity contribution in [1.82, 2.24) is 0 Å². The molecule has 4 heteroatoms. The van der Waals surface area contributed by atoms with Crippen LogP contribution in [0.1, 0.15) is 11.6 Å². The van der Waals surface area contributed by atoms with Gasteiger partial charge in [0.15, 0.2) is 0 Å². The number of thiol groups is 1. The van der Waals surface area contributed by atoms with Gasteiger partial charge in [-0.2, -0.15) is 0 Å². The Labute approximate surface area is 82.9 Å². The zero-order valence-electron chi connectivity index (χ0n) is 7.40. The number of rotatable bonds is 3. The highest BCUT2D eigenvalue weighted by molar-refractivity contribution is 7.80. The molecule has 1 unspecified atom stereocenters. The Balaban J connectivity index is 2.88. The Hall–Kier alpha value is -0.710. The van der Waals surface area contributed by atoms with E-state index in [1.165, 1.54) is 0 Å². The SMILES string of the molecule is COCC(N)c1ccc(S)cc1O. The molecule has 0 spiro atoms. The van der Waals surface area contributed by atoms with Gasteiger partial charge in [0.25, 0.3) is 0 Å². The monoisotopic (exact) mass is 199 g/mol. The third-order valence-corrected chi connectivity index (χ3v) is 2.04. The van der Waals surface area contributed by atoms with Crippen molar-refractivity contribution in [3.63, 3.8) is 0 Å². The van der Waals surface area contributed by atoms with E-state index in [0.717, 1.165) is 0 Å². The zero-order chi connectivity index (χ0) is 9.84. The van der Waals surface area contributed by atoms with Crippen molar-refractivity contribution in [3.05, 3.63) is 23.8 Å². The van der Waals surface area contributed by atoms with E-state index in [1.807, 2.05) is 0 Å². The first kappa shape index (κ1) is 10.4. The molecule has 1 aromatic rings. The molecule has 3 N–H and O–H groups in total. The second-order valence-electron chi connectivity index (χ2n) is 2.80. The van der Waals surface area contributed by atoms with Gasteiger partial charge in [0.1, 0.15) is 5.75 Å². The largest absolute Gasteiger partial charge is 0.508 e. The Kier molecular flexibility index (Phi) is 3.59. The molecular formula is C9H13NO2S. The highest BCUT2D eigenvalue weighted by atomic mass is 32.1. The molecular weight excluding hydrogens is 186 g/mol. The van der Waals surface area contributed by atoms with E-state index in [2.05, 4.69) is 12.6 Å². The van der Waals surface area contributed by atoms with Crippen molar-refractivity contribution in [2.24, 2.45) is 5.73 Å². The van der Waals surface area contributed by atoms with Gasteiger partial charge in [-0.25, -0.2) is 0 Å². The van der Waals surface area contributed by atoms with Crippen molar-refractivity contribution in [2.45, 2.75) is 10.9 Å². The molecule has 0 fully saturated rings. The number of phenolic OH excluding ortho intramolecular Hbond substituents is 1. The summed E-state index contributed by atoms with van der Waals surface area (Å²) in [7, 11) is 1.57. The van der Waals surface area contributed by atoms with E-state index in [4.69, 9.17) is 10.5 Å². The molecule has 1 atom stereocenters. The number of nitrogens with two attached hydrogens (primary N) is 1. The van der Waals surface area contributed by atoms with E-state index in [1.54, 1.807) is 25.3 Å². The summed E-state index contributed by atoms with van der Waals surface area (Å²) in [5.41, 5.74) is 6.43. The quantitative estimate of drug-likeness (QED) is 0.644. The third-order valence-electron chi connectivity index (χ3n) is 1.76. The average molecular weight is 199 g/mol. The number of aromatic hydroxyl groups is 1. The van der Waals surface area contributed by atoms with Crippen LogP contribution in [0.5, 0.6) is 5.75 Å². The minimum atomic E-state index is -0.293. The maximum atomic E-state index is 9.50. The molecule has 3 nitrogen and oxygen atoms in total. The molecule has 1 rings (SSSR count). The number of hydrogen-bond donors (Lipinski definition) is 3. The Morgan fingerprint density at radius 1 is 1.62 bits per heavy atom. The van der Waals surface area contributed by atoms with Gasteiger partial charge in [0, 0.05) is 17.6 Å². The fraction of sp³-hybridized carbons (Fsp3) is 0.333. The first-order chi connectivity index (χ1) is 6.15. The lowest BCUT2D eigenvalue weighted by Gasteiger charge is -2.12. The summed E-state index contributed by atoms with van der Waals surface area (Å²) in [5, 5.41) is 9.50. The van der Waals surface area contributed by atoms with Crippen LogP contribution in [0, 0.1) is 0 Å². The van der Waals surface area contributed by atoms with Gasteiger partial charge < -0.3 is 15.6 Å². The zero-order valence-corrected chi connectivity index (χ0v) is 8.29. The van der Waals surface area contributed by atoms with Crippen molar-refractivity contribution >= 4 is 12.6 Å². The first-order valence-electron chi connectivity index (χ1n) is 3.91. The minimum Gasteiger partial charge on any atom is -0.508 e. The summed E-state index contributed by atoms with van der Waals surface area (Å²) in [6, 6.07) is 4.81. The van der Waals surface area contributed by atoms with Gasteiger partial charge in [-0.3, -0.25) is 0 Å². The molecule has 0 heterocycles. The Bertz CT molecular complexity index is 291. The number of hydrogen-bond acceptors (Lipinski definition) is 4. The fourth-order valence-electron chi connectivity index (χ4n) is 1.11. The molecule has 0 aromatic heterocycles. The van der Waals surface area contributed by atoms with Gasteiger partial charge in [-0.05, 0) is 12.1 Å². The normalized spacial score (nSPS) is 12.8. The van der Waals surface area contributed by atoms with Crippen LogP contribution in [0.2, 0.25) is 0 Å². The summed E-state index contributed by atoms with van der Waals surface area (Å²) in [5.74, 6) is 0.164. The Morgan fingerprint density at radius 2 is 2.31 bits per heavy atom. The summed E-state index contributed by atoms with van der Waals surface area (Å²) in [6.45, 7) is 0.388. The van der Waals surface area contributed by atoms with Crippen LogP contribution in [0.15, 0.2) is 23.1 Å². The van der Waals surface area contributed by atoms with Gasteiger partial charge >= 0.3 is 0 Å². The van der Waals surface area contributed by atoms with Crippen LogP contribution >= 0.6 is 12.6 Å². The lowest BCUT2D eigenvalue weighted by molar-refractivity contribution is 0.180. The van der Waals surface area contributed by atoms with Gasteiger partial charge in [-0.15, -0.1) is 12.6 Å². The molecule has 0 saturated carbocycles. The number of methoxy groups -OCH3 is 1. The molecule has 0 saturated heterocycles. The van der Waals surface area contributed by atoms with E-state index in [0.29, 0.717) is 17.1 Å². The molecule has 0 amide bonds. The van der Waals surface area contributed by atoms with Crippen LogP contribution in [0.4, 0.5) is 0 Å². The highest BCUT2D eigenvalue weighted by Crippen LogP contribution is 2.25. The van der Waals surface area contributed by atoms with Crippen molar-refractivity contribution in [2.75, 3.05) is 13.7 Å². The van der Waals surface area contributed by atoms with E-state index in [9.17, 15) is 5.11 Å². The molecule has 13 heavy (non-hydrogen) atoms. The van der Waals surface area contributed by atoms with Gasteiger partial charge in [-0.1, -0.05) is 6.07 Å². The summed E-state index contributed by atoms with van der Waals surface area (Å²) >= 11 is 4.09. The molecule has 0 aliphatic heterocycles. The van der Waals surface area contributed by atoms with Crippen molar-refractivity contribution < 1.29 is 9.84 Å². The molecule has 0 aliphatic carbocycles. The molecule has 1 aromatic carbocycles. The van der Waals surface area contributed by atoms with E-state index in [-0.39, 0.29) is 11.8 Å². The predicted molar refractivity (Wildman–Crippen MR) is 54.2 cm³/mol. The van der Waals surface area contributed by atoms with Gasteiger partial charge in [0.2, 0.25) is 0 Å². The first-order valence-corrected chi connectivity index (χ1v) is 4.36. The lowest BCUT2D eigenvalue weighted by Crippen LogP contribution is -2.16. The minimum absolute atomic E-state index is 0.164. The smallest absolute Gasteiger partial charge is 0.121 e. The summed E-state index contributed by atoms with van der Waals surface area (Å²) in [6.07, 6.45) is 0. The number of benzene rings is 1. The summed E-state index contributed by atoms with van der Waals surface area (Å²) in [4.78, 5) is 0.714. The summed E-state index contributed by atoms with van der Waals surface area (Å²) < 4.78 is 4.89. The standard InChI is InChI=1S/C9H13NO2S/c1-12-5-8(10)7-3-2-6(13)4-9(7)11/h2-4,8,11,13H,5,10H2,1H3. The fourth-order valence-corrected chi connectivity index (χ4v) is 1.31.